The van der Waals surface area contributed by atoms with E-state index >= 15 is 0 Å². The van der Waals surface area contributed by atoms with Crippen LogP contribution in [0.2, 0.25) is 0 Å². The van der Waals surface area contributed by atoms with Crippen molar-refractivity contribution in [2.24, 2.45) is 0 Å². The van der Waals surface area contributed by atoms with Crippen molar-refractivity contribution in [1.29, 1.82) is 0 Å². The lowest BCUT2D eigenvalue weighted by atomic mass is 10.0. The van der Waals surface area contributed by atoms with Gasteiger partial charge >= 0.3 is 0 Å². The third-order valence-corrected chi connectivity index (χ3v) is 2.84. The van der Waals surface area contributed by atoms with Crippen molar-refractivity contribution in [1.82, 2.24) is 0 Å². The molecule has 102 valence electrons. The molecule has 1 aromatic carbocycles. The lowest BCUT2D eigenvalue weighted by molar-refractivity contribution is -0.661. The Bertz CT molecular complexity index is 362. The van der Waals surface area contributed by atoms with Gasteiger partial charge in [0.05, 0.1) is 6.10 Å². The molecule has 0 aliphatic heterocycles. The van der Waals surface area contributed by atoms with Gasteiger partial charge in [-0.3, -0.25) is 0 Å². The molecule has 0 radical (unpaired) electrons. The number of rotatable bonds is 7. The molecule has 0 heterocycles. The first kappa shape index (κ1) is 15.0. The summed E-state index contributed by atoms with van der Waals surface area (Å²) in [6.07, 6.45) is -0.253. The highest BCUT2D eigenvalue weighted by Crippen LogP contribution is 2.22. The first-order chi connectivity index (χ1) is 8.49. The van der Waals surface area contributed by atoms with Crippen LogP contribution in [-0.2, 0) is 0 Å². The van der Waals surface area contributed by atoms with Crippen molar-refractivity contribution in [3.05, 3.63) is 29.3 Å². The summed E-state index contributed by atoms with van der Waals surface area (Å²) in [7, 11) is 0. The Morgan fingerprint density at radius 1 is 1.22 bits per heavy atom. The maximum absolute atomic E-state index is 9.13. The molecule has 3 nitrogen and oxygen atoms in total. The summed E-state index contributed by atoms with van der Waals surface area (Å²) in [5.74, 6) is 1.47. The van der Waals surface area contributed by atoms with Gasteiger partial charge in [0.15, 0.2) is 0 Å². The second-order valence-corrected chi connectivity index (χ2v) is 5.24. The molecule has 0 saturated carbocycles. The van der Waals surface area contributed by atoms with E-state index in [2.05, 4.69) is 44.3 Å². The summed E-state index contributed by atoms with van der Waals surface area (Å²) in [6.45, 7) is 10.5. The zero-order valence-electron chi connectivity index (χ0n) is 11.9. The molecule has 3 heteroatoms. The minimum Gasteiger partial charge on any atom is -0.488 e. The van der Waals surface area contributed by atoms with Gasteiger partial charge in [-0.05, 0) is 43.0 Å². The first-order valence-electron chi connectivity index (χ1n) is 6.73. The van der Waals surface area contributed by atoms with Gasteiger partial charge < -0.3 is 15.2 Å². The molecule has 0 bridgehead atoms. The molecule has 0 aliphatic carbocycles. The summed E-state index contributed by atoms with van der Waals surface area (Å²) in [5.41, 5.74) is 2.56. The first-order valence-corrected chi connectivity index (χ1v) is 6.73. The number of ether oxygens (including phenoxy) is 1. The van der Waals surface area contributed by atoms with Crippen LogP contribution in [0.4, 0.5) is 0 Å². The molecule has 1 aromatic rings. The van der Waals surface area contributed by atoms with E-state index in [0.29, 0.717) is 12.5 Å². The van der Waals surface area contributed by atoms with Crippen LogP contribution in [0.1, 0.15) is 37.8 Å². The monoisotopic (exact) mass is 252 g/mol. The zero-order valence-corrected chi connectivity index (χ0v) is 11.9. The Morgan fingerprint density at radius 2 is 1.94 bits per heavy atom. The summed E-state index contributed by atoms with van der Waals surface area (Å²) in [5, 5.41) is 11.2. The van der Waals surface area contributed by atoms with Gasteiger partial charge in [0.2, 0.25) is 0 Å². The zero-order chi connectivity index (χ0) is 13.5. The van der Waals surface area contributed by atoms with E-state index in [4.69, 9.17) is 9.84 Å². The summed E-state index contributed by atoms with van der Waals surface area (Å²) < 4.78 is 5.75. The quantitative estimate of drug-likeness (QED) is 0.721. The number of nitrogens with two attached hydrogens (primary N) is 1. The highest BCUT2D eigenvalue weighted by Gasteiger charge is 2.04. The number of benzene rings is 1. The minimum absolute atomic E-state index is 0.253. The number of hydrogen-bond acceptors (Lipinski definition) is 2. The van der Waals surface area contributed by atoms with Crippen LogP contribution in [0.3, 0.4) is 0 Å². The molecule has 0 saturated heterocycles. The normalized spacial score (nSPS) is 12.8. The van der Waals surface area contributed by atoms with E-state index in [9.17, 15) is 0 Å². The summed E-state index contributed by atoms with van der Waals surface area (Å²) in [6, 6.07) is 6.39. The largest absolute Gasteiger partial charge is 0.488 e. The lowest BCUT2D eigenvalue weighted by Crippen LogP contribution is -2.87. The fourth-order valence-electron chi connectivity index (χ4n) is 1.81. The van der Waals surface area contributed by atoms with Crippen molar-refractivity contribution in [2.45, 2.75) is 39.7 Å². The molecule has 0 aromatic heterocycles. The van der Waals surface area contributed by atoms with E-state index in [1.165, 1.54) is 11.1 Å². The van der Waals surface area contributed by atoms with E-state index in [1.807, 2.05) is 0 Å². The van der Waals surface area contributed by atoms with Gasteiger partial charge in [-0.25, -0.2) is 0 Å². The molecule has 0 aliphatic rings. The van der Waals surface area contributed by atoms with Crippen LogP contribution in [0, 0.1) is 6.92 Å². The van der Waals surface area contributed by atoms with Crippen LogP contribution in [0.25, 0.3) is 0 Å². The van der Waals surface area contributed by atoms with Crippen molar-refractivity contribution >= 4 is 0 Å². The van der Waals surface area contributed by atoms with E-state index < -0.39 is 0 Å². The predicted molar refractivity (Wildman–Crippen MR) is 74.1 cm³/mol. The van der Waals surface area contributed by atoms with Gasteiger partial charge in [0.1, 0.15) is 25.4 Å². The fraction of sp³-hybridized carbons (Fsp3) is 0.600. The molecule has 0 amide bonds. The average Bonchev–Trinajstić information content (AvgIpc) is 2.27. The molecule has 1 atom stereocenters. The third-order valence-electron chi connectivity index (χ3n) is 2.84. The Morgan fingerprint density at radius 3 is 2.56 bits per heavy atom. The number of aliphatic hydroxyl groups is 1. The number of quaternary nitrogens is 1. The van der Waals surface area contributed by atoms with E-state index in [0.717, 1.165) is 18.8 Å². The Kier molecular flexibility index (Phi) is 6.16. The van der Waals surface area contributed by atoms with Crippen LogP contribution >= 0.6 is 0 Å². The van der Waals surface area contributed by atoms with Crippen LogP contribution < -0.4 is 10.1 Å². The standard InChI is InChI=1S/C15H25NO2/c1-11(2)14-7-12(3)8-15(9-14)18-6-5-16-10-13(4)17/h7-9,11,13,16-17H,5-6,10H2,1-4H3/p+1/t13-/m0/s1. The molecule has 3 N–H and O–H groups in total. The minimum atomic E-state index is -0.253. The Balaban J connectivity index is 2.42. The number of hydrogen-bond donors (Lipinski definition) is 2. The highest BCUT2D eigenvalue weighted by molar-refractivity contribution is 5.35. The second-order valence-electron chi connectivity index (χ2n) is 5.24. The van der Waals surface area contributed by atoms with Gasteiger partial charge in [-0.2, -0.15) is 0 Å². The molecule has 0 fully saturated rings. The van der Waals surface area contributed by atoms with Crippen molar-refractivity contribution in [3.8, 4) is 5.75 Å². The van der Waals surface area contributed by atoms with Crippen LogP contribution in [-0.4, -0.2) is 30.9 Å². The molecule has 1 rings (SSSR count). The number of aliphatic hydroxyl groups excluding tert-OH is 1. The second kappa shape index (κ2) is 7.39. The van der Waals surface area contributed by atoms with Gasteiger partial charge in [0.25, 0.3) is 0 Å². The van der Waals surface area contributed by atoms with Crippen LogP contribution in [0.5, 0.6) is 5.75 Å². The van der Waals surface area contributed by atoms with E-state index in [1.54, 1.807) is 6.92 Å². The smallest absolute Gasteiger partial charge is 0.137 e. The number of aryl methyl sites for hydroxylation is 1. The van der Waals surface area contributed by atoms with Crippen molar-refractivity contribution in [3.63, 3.8) is 0 Å². The molecule has 0 unspecified atom stereocenters. The molecular formula is C15H26NO2+. The maximum atomic E-state index is 9.13. The molecule has 0 spiro atoms. The fourth-order valence-corrected chi connectivity index (χ4v) is 1.81. The summed E-state index contributed by atoms with van der Waals surface area (Å²) in [4.78, 5) is 0. The SMILES string of the molecule is Cc1cc(OCC[NH2+]C[C@H](C)O)cc(C(C)C)c1. The van der Waals surface area contributed by atoms with Gasteiger partial charge in [0, 0.05) is 0 Å². The topological polar surface area (TPSA) is 46.1 Å². The predicted octanol–water partition coefficient (Wildman–Crippen LogP) is 1.44. The van der Waals surface area contributed by atoms with Crippen molar-refractivity contribution < 1.29 is 15.2 Å². The van der Waals surface area contributed by atoms with Crippen molar-refractivity contribution in [2.75, 3.05) is 19.7 Å². The Labute approximate surface area is 110 Å². The molecular weight excluding hydrogens is 226 g/mol. The van der Waals surface area contributed by atoms with Gasteiger partial charge in [-0.1, -0.05) is 19.9 Å². The maximum Gasteiger partial charge on any atom is 0.137 e. The highest BCUT2D eigenvalue weighted by atomic mass is 16.5. The average molecular weight is 252 g/mol. The lowest BCUT2D eigenvalue weighted by Gasteiger charge is -2.11. The summed E-state index contributed by atoms with van der Waals surface area (Å²) >= 11 is 0. The van der Waals surface area contributed by atoms with E-state index in [-0.39, 0.29) is 6.10 Å². The third kappa shape index (κ3) is 5.52. The Hall–Kier alpha value is -1.06. The molecule has 18 heavy (non-hydrogen) atoms. The van der Waals surface area contributed by atoms with Gasteiger partial charge in [-0.15, -0.1) is 0 Å². The van der Waals surface area contributed by atoms with Crippen LogP contribution in [0.15, 0.2) is 18.2 Å².